The lowest BCUT2D eigenvalue weighted by Gasteiger charge is -2.36. The van der Waals surface area contributed by atoms with Gasteiger partial charge in [0.2, 0.25) is 5.91 Å². The second-order valence-electron chi connectivity index (χ2n) is 5.72. The monoisotopic (exact) mass is 270 g/mol. The SMILES string of the molecule is CSC1(CNC(=O)CC2CCCN2)CCCCC1. The van der Waals surface area contributed by atoms with E-state index in [1.807, 2.05) is 11.8 Å². The molecule has 2 aliphatic rings. The number of amides is 1. The molecule has 0 spiro atoms. The van der Waals surface area contributed by atoms with Crippen molar-refractivity contribution in [3.63, 3.8) is 0 Å². The Morgan fingerprint density at radius 2 is 2.11 bits per heavy atom. The summed E-state index contributed by atoms with van der Waals surface area (Å²) in [5.74, 6) is 0.230. The molecule has 1 saturated heterocycles. The third-order valence-electron chi connectivity index (χ3n) is 4.40. The van der Waals surface area contributed by atoms with Crippen LogP contribution in [-0.4, -0.2) is 36.0 Å². The van der Waals surface area contributed by atoms with E-state index in [4.69, 9.17) is 0 Å². The fourth-order valence-electron chi connectivity index (χ4n) is 3.14. The van der Waals surface area contributed by atoms with Gasteiger partial charge in [0, 0.05) is 23.8 Å². The van der Waals surface area contributed by atoms with Gasteiger partial charge in [-0.2, -0.15) is 11.8 Å². The molecule has 0 aromatic carbocycles. The maximum Gasteiger partial charge on any atom is 0.221 e. The van der Waals surface area contributed by atoms with E-state index in [0.717, 1.165) is 19.5 Å². The van der Waals surface area contributed by atoms with Crippen molar-refractivity contribution in [2.24, 2.45) is 0 Å². The van der Waals surface area contributed by atoms with Gasteiger partial charge in [-0.05, 0) is 38.5 Å². The molecule has 0 aromatic rings. The first-order valence-corrected chi connectivity index (χ1v) is 8.52. The van der Waals surface area contributed by atoms with Crippen LogP contribution >= 0.6 is 11.8 Å². The molecule has 1 heterocycles. The van der Waals surface area contributed by atoms with Gasteiger partial charge in [0.05, 0.1) is 0 Å². The number of hydrogen-bond donors (Lipinski definition) is 2. The highest BCUT2D eigenvalue weighted by Crippen LogP contribution is 2.37. The highest BCUT2D eigenvalue weighted by molar-refractivity contribution is 8.00. The van der Waals surface area contributed by atoms with Gasteiger partial charge in [0.15, 0.2) is 0 Å². The Hall–Kier alpha value is -0.220. The van der Waals surface area contributed by atoms with Crippen LogP contribution in [0.4, 0.5) is 0 Å². The molecule has 1 saturated carbocycles. The summed E-state index contributed by atoms with van der Waals surface area (Å²) < 4.78 is 0.316. The minimum atomic E-state index is 0.230. The van der Waals surface area contributed by atoms with E-state index < -0.39 is 0 Å². The number of nitrogens with one attached hydrogen (secondary N) is 2. The third-order valence-corrected chi connectivity index (χ3v) is 5.82. The third kappa shape index (κ3) is 3.89. The van der Waals surface area contributed by atoms with Gasteiger partial charge in [0.25, 0.3) is 0 Å². The van der Waals surface area contributed by atoms with Crippen molar-refractivity contribution in [1.82, 2.24) is 10.6 Å². The molecule has 18 heavy (non-hydrogen) atoms. The maximum absolute atomic E-state index is 11.9. The molecule has 2 N–H and O–H groups in total. The summed E-state index contributed by atoms with van der Waals surface area (Å²) in [7, 11) is 0. The molecule has 0 radical (unpaired) electrons. The van der Waals surface area contributed by atoms with Crippen LogP contribution in [-0.2, 0) is 4.79 Å². The first-order valence-electron chi connectivity index (χ1n) is 7.29. The molecular formula is C14H26N2OS. The first-order chi connectivity index (χ1) is 8.74. The van der Waals surface area contributed by atoms with Crippen molar-refractivity contribution in [2.75, 3.05) is 19.3 Å². The quantitative estimate of drug-likeness (QED) is 0.805. The second-order valence-corrected chi connectivity index (χ2v) is 7.00. The standard InChI is InChI=1S/C14H26N2OS/c1-18-14(7-3-2-4-8-14)11-16-13(17)10-12-6-5-9-15-12/h12,15H,2-11H2,1H3,(H,16,17). The molecule has 2 rings (SSSR count). The Morgan fingerprint density at radius 1 is 1.33 bits per heavy atom. The Kier molecular flexibility index (Phi) is 5.37. The fourth-order valence-corrected chi connectivity index (χ4v) is 4.05. The van der Waals surface area contributed by atoms with Crippen LogP contribution in [0, 0.1) is 0 Å². The average Bonchev–Trinajstić information content (AvgIpc) is 2.90. The average molecular weight is 270 g/mol. The maximum atomic E-state index is 11.9. The number of carbonyl (C=O) groups excluding carboxylic acids is 1. The minimum Gasteiger partial charge on any atom is -0.355 e. The summed E-state index contributed by atoms with van der Waals surface area (Å²) in [6, 6.07) is 0.418. The van der Waals surface area contributed by atoms with Gasteiger partial charge in [-0.1, -0.05) is 19.3 Å². The van der Waals surface area contributed by atoms with E-state index in [0.29, 0.717) is 17.2 Å². The zero-order valence-corrected chi connectivity index (χ0v) is 12.3. The number of carbonyl (C=O) groups is 1. The summed E-state index contributed by atoms with van der Waals surface area (Å²) in [6.45, 7) is 1.94. The Labute approximate surface area is 115 Å². The van der Waals surface area contributed by atoms with E-state index in [-0.39, 0.29) is 5.91 Å². The zero-order valence-electron chi connectivity index (χ0n) is 11.5. The topological polar surface area (TPSA) is 41.1 Å². The summed E-state index contributed by atoms with van der Waals surface area (Å²) >= 11 is 1.95. The van der Waals surface area contributed by atoms with Crippen LogP contribution in [0.3, 0.4) is 0 Å². The predicted molar refractivity (Wildman–Crippen MR) is 78.0 cm³/mol. The molecule has 1 amide bonds. The van der Waals surface area contributed by atoms with Gasteiger partial charge in [-0.15, -0.1) is 0 Å². The van der Waals surface area contributed by atoms with E-state index >= 15 is 0 Å². The van der Waals surface area contributed by atoms with Crippen LogP contribution in [0.15, 0.2) is 0 Å². The number of rotatable bonds is 5. The fraction of sp³-hybridized carbons (Fsp3) is 0.929. The summed E-state index contributed by atoms with van der Waals surface area (Å²) in [4.78, 5) is 11.9. The minimum absolute atomic E-state index is 0.230. The van der Waals surface area contributed by atoms with Crippen LogP contribution in [0.1, 0.15) is 51.4 Å². The summed E-state index contributed by atoms with van der Waals surface area (Å²) in [6.07, 6.45) is 11.7. The molecule has 1 atom stereocenters. The smallest absolute Gasteiger partial charge is 0.221 e. The van der Waals surface area contributed by atoms with Crippen molar-refractivity contribution in [2.45, 2.75) is 62.2 Å². The van der Waals surface area contributed by atoms with Crippen LogP contribution in [0.5, 0.6) is 0 Å². The van der Waals surface area contributed by atoms with Crippen molar-refractivity contribution < 1.29 is 4.79 Å². The molecule has 4 heteroatoms. The van der Waals surface area contributed by atoms with Crippen molar-refractivity contribution in [1.29, 1.82) is 0 Å². The number of thioether (sulfide) groups is 1. The van der Waals surface area contributed by atoms with E-state index in [2.05, 4.69) is 16.9 Å². The molecule has 104 valence electrons. The van der Waals surface area contributed by atoms with E-state index in [1.54, 1.807) is 0 Å². The summed E-state index contributed by atoms with van der Waals surface area (Å²) in [5, 5.41) is 6.55. The number of hydrogen-bond acceptors (Lipinski definition) is 3. The first kappa shape index (κ1) is 14.2. The highest BCUT2D eigenvalue weighted by atomic mass is 32.2. The lowest BCUT2D eigenvalue weighted by Crippen LogP contribution is -2.43. The largest absolute Gasteiger partial charge is 0.355 e. The van der Waals surface area contributed by atoms with Gasteiger partial charge in [-0.25, -0.2) is 0 Å². The van der Waals surface area contributed by atoms with Crippen molar-refractivity contribution in [3.8, 4) is 0 Å². The van der Waals surface area contributed by atoms with Gasteiger partial charge in [0.1, 0.15) is 0 Å². The molecule has 1 unspecified atom stereocenters. The van der Waals surface area contributed by atoms with Gasteiger partial charge in [-0.3, -0.25) is 4.79 Å². The normalized spacial score (nSPS) is 27.1. The van der Waals surface area contributed by atoms with Crippen LogP contribution < -0.4 is 10.6 Å². The lowest BCUT2D eigenvalue weighted by atomic mass is 9.88. The molecule has 0 aromatic heterocycles. The molecule has 0 bridgehead atoms. The zero-order chi connectivity index (χ0) is 12.8. The van der Waals surface area contributed by atoms with Crippen LogP contribution in [0.25, 0.3) is 0 Å². The highest BCUT2D eigenvalue weighted by Gasteiger charge is 2.31. The lowest BCUT2D eigenvalue weighted by molar-refractivity contribution is -0.121. The van der Waals surface area contributed by atoms with Crippen LogP contribution in [0.2, 0.25) is 0 Å². The second kappa shape index (κ2) is 6.80. The Bertz CT molecular complexity index is 271. The summed E-state index contributed by atoms with van der Waals surface area (Å²) in [5.41, 5.74) is 0. The predicted octanol–water partition coefficient (Wildman–Crippen LogP) is 2.31. The van der Waals surface area contributed by atoms with E-state index in [1.165, 1.54) is 38.5 Å². The van der Waals surface area contributed by atoms with Gasteiger partial charge < -0.3 is 10.6 Å². The Balaban J connectivity index is 1.73. The molecule has 2 fully saturated rings. The van der Waals surface area contributed by atoms with Crippen molar-refractivity contribution in [3.05, 3.63) is 0 Å². The molecule has 1 aliphatic heterocycles. The van der Waals surface area contributed by atoms with E-state index in [9.17, 15) is 4.79 Å². The molecular weight excluding hydrogens is 244 g/mol. The molecule has 3 nitrogen and oxygen atoms in total. The van der Waals surface area contributed by atoms with Gasteiger partial charge >= 0.3 is 0 Å². The Morgan fingerprint density at radius 3 is 2.72 bits per heavy atom. The van der Waals surface area contributed by atoms with Crippen molar-refractivity contribution >= 4 is 17.7 Å². The molecule has 1 aliphatic carbocycles.